The van der Waals surface area contributed by atoms with Crippen molar-refractivity contribution in [2.45, 2.75) is 17.2 Å². The lowest BCUT2D eigenvalue weighted by molar-refractivity contribution is 0.602. The van der Waals surface area contributed by atoms with Gasteiger partial charge in [0.1, 0.15) is 0 Å². The van der Waals surface area contributed by atoms with E-state index in [-0.39, 0.29) is 4.21 Å². The minimum absolute atomic E-state index is 0.230. The van der Waals surface area contributed by atoms with Gasteiger partial charge in [0, 0.05) is 6.54 Å². The van der Waals surface area contributed by atoms with E-state index in [9.17, 15) is 8.42 Å². The molecule has 1 aromatic carbocycles. The van der Waals surface area contributed by atoms with E-state index in [2.05, 4.69) is 15.0 Å². The van der Waals surface area contributed by atoms with E-state index in [1.807, 2.05) is 12.1 Å². The number of thiazole rings is 1. The number of sulfonamides is 1. The highest BCUT2D eigenvalue weighted by Crippen LogP contribution is 2.26. The minimum Gasteiger partial charge on any atom is -0.312 e. The van der Waals surface area contributed by atoms with Gasteiger partial charge in [-0.2, -0.15) is 0 Å². The highest BCUT2D eigenvalue weighted by molar-refractivity contribution is 7.94. The van der Waals surface area contributed by atoms with Gasteiger partial charge in [-0.3, -0.25) is 9.71 Å². The smallest absolute Gasteiger partial charge is 0.273 e. The molecule has 5 nitrogen and oxygen atoms in total. The summed E-state index contributed by atoms with van der Waals surface area (Å²) in [5.41, 5.74) is 4.39. The molecule has 2 N–H and O–H groups in total. The van der Waals surface area contributed by atoms with Gasteiger partial charge in [-0.25, -0.2) is 8.42 Å². The average Bonchev–Trinajstić information content (AvgIpc) is 2.93. The fourth-order valence-electron chi connectivity index (χ4n) is 2.14. The van der Waals surface area contributed by atoms with Crippen LogP contribution < -0.4 is 10.0 Å². The Kier molecular flexibility index (Phi) is 3.26. The van der Waals surface area contributed by atoms with Crippen LogP contribution in [0, 0.1) is 0 Å². The van der Waals surface area contributed by atoms with Gasteiger partial charge < -0.3 is 5.32 Å². The van der Waals surface area contributed by atoms with Gasteiger partial charge in [0.15, 0.2) is 4.21 Å². The van der Waals surface area contributed by atoms with Gasteiger partial charge in [0.2, 0.25) is 0 Å². The molecule has 0 radical (unpaired) electrons. The number of nitrogens with one attached hydrogen (secondary N) is 2. The van der Waals surface area contributed by atoms with E-state index in [1.54, 1.807) is 6.07 Å². The van der Waals surface area contributed by atoms with Crippen LogP contribution in [0.5, 0.6) is 0 Å². The second-order valence-corrected chi connectivity index (χ2v) is 7.09. The molecule has 2 heterocycles. The quantitative estimate of drug-likeness (QED) is 0.902. The zero-order chi connectivity index (χ0) is 13.3. The summed E-state index contributed by atoms with van der Waals surface area (Å²) in [6.45, 7) is 1.62. The molecular weight excluding hydrogens is 282 g/mol. The summed E-state index contributed by atoms with van der Waals surface area (Å²) in [5.74, 6) is 0. The Morgan fingerprint density at radius 2 is 2.26 bits per heavy atom. The minimum atomic E-state index is -3.53. The third kappa shape index (κ3) is 2.49. The van der Waals surface area contributed by atoms with E-state index in [1.165, 1.54) is 17.3 Å². The van der Waals surface area contributed by atoms with Crippen LogP contribution in [0.4, 0.5) is 5.69 Å². The van der Waals surface area contributed by atoms with Crippen molar-refractivity contribution >= 4 is 27.0 Å². The van der Waals surface area contributed by atoms with Crippen LogP contribution in [0.25, 0.3) is 0 Å². The third-order valence-corrected chi connectivity index (χ3v) is 5.70. The third-order valence-electron chi connectivity index (χ3n) is 3.06. The number of aromatic nitrogens is 1. The van der Waals surface area contributed by atoms with Gasteiger partial charge >= 0.3 is 0 Å². The Bertz CT molecular complexity index is 681. The lowest BCUT2D eigenvalue weighted by Crippen LogP contribution is -2.25. The SMILES string of the molecule is O=S(=O)(Nc1cccc2c1CNCC2)c1cncs1. The topological polar surface area (TPSA) is 71.1 Å². The number of anilines is 1. The monoisotopic (exact) mass is 295 g/mol. The molecule has 2 aromatic rings. The Morgan fingerprint density at radius 3 is 3.05 bits per heavy atom. The Labute approximate surface area is 115 Å². The van der Waals surface area contributed by atoms with Crippen molar-refractivity contribution in [1.82, 2.24) is 10.3 Å². The van der Waals surface area contributed by atoms with Gasteiger partial charge in [-0.05, 0) is 30.2 Å². The molecule has 7 heteroatoms. The second kappa shape index (κ2) is 4.92. The highest BCUT2D eigenvalue weighted by Gasteiger charge is 2.19. The van der Waals surface area contributed by atoms with Crippen molar-refractivity contribution in [2.75, 3.05) is 11.3 Å². The zero-order valence-corrected chi connectivity index (χ0v) is 11.7. The van der Waals surface area contributed by atoms with Crippen molar-refractivity contribution in [3.63, 3.8) is 0 Å². The van der Waals surface area contributed by atoms with Gasteiger partial charge in [0.05, 0.1) is 17.4 Å². The van der Waals surface area contributed by atoms with Crippen LogP contribution in [0.2, 0.25) is 0 Å². The Hall–Kier alpha value is -1.44. The number of benzene rings is 1. The summed E-state index contributed by atoms with van der Waals surface area (Å²) in [7, 11) is -3.53. The molecule has 0 unspecified atom stereocenters. The molecule has 0 atom stereocenters. The Balaban J connectivity index is 1.96. The molecule has 0 amide bonds. The van der Waals surface area contributed by atoms with Crippen LogP contribution in [-0.2, 0) is 23.0 Å². The number of fused-ring (bicyclic) bond motifs is 1. The first kappa shape index (κ1) is 12.6. The summed E-state index contributed by atoms with van der Waals surface area (Å²) >= 11 is 1.11. The van der Waals surface area contributed by atoms with Crippen LogP contribution in [0.1, 0.15) is 11.1 Å². The normalized spacial score (nSPS) is 14.9. The van der Waals surface area contributed by atoms with E-state index in [4.69, 9.17) is 0 Å². The highest BCUT2D eigenvalue weighted by atomic mass is 32.2. The van der Waals surface area contributed by atoms with Gasteiger partial charge in [-0.1, -0.05) is 12.1 Å². The molecule has 0 saturated carbocycles. The Morgan fingerprint density at radius 1 is 1.37 bits per heavy atom. The first-order valence-corrected chi connectivity index (χ1v) is 8.26. The molecule has 19 heavy (non-hydrogen) atoms. The zero-order valence-electron chi connectivity index (χ0n) is 10.1. The summed E-state index contributed by atoms with van der Waals surface area (Å²) in [5, 5.41) is 3.26. The summed E-state index contributed by atoms with van der Waals surface area (Å²) in [6, 6.07) is 5.72. The van der Waals surface area contributed by atoms with Crippen LogP contribution >= 0.6 is 11.3 Å². The van der Waals surface area contributed by atoms with Crippen molar-refractivity contribution in [3.05, 3.63) is 41.0 Å². The molecule has 1 aliphatic heterocycles. The number of hydrogen-bond acceptors (Lipinski definition) is 5. The van der Waals surface area contributed by atoms with E-state index >= 15 is 0 Å². The summed E-state index contributed by atoms with van der Waals surface area (Å²) < 4.78 is 27.3. The molecule has 0 fully saturated rings. The first-order chi connectivity index (χ1) is 9.17. The predicted octanol–water partition coefficient (Wildman–Crippen LogP) is 1.59. The summed E-state index contributed by atoms with van der Waals surface area (Å²) in [4.78, 5) is 3.80. The summed E-state index contributed by atoms with van der Waals surface area (Å²) in [6.07, 6.45) is 2.28. The fourth-order valence-corrected chi connectivity index (χ4v) is 4.03. The molecule has 0 saturated heterocycles. The maximum atomic E-state index is 12.2. The molecule has 100 valence electrons. The lowest BCUT2D eigenvalue weighted by atomic mass is 10.00. The maximum absolute atomic E-state index is 12.2. The molecule has 0 aliphatic carbocycles. The van der Waals surface area contributed by atoms with E-state index < -0.39 is 10.0 Å². The lowest BCUT2D eigenvalue weighted by Gasteiger charge is -2.20. The van der Waals surface area contributed by atoms with Gasteiger partial charge in [0.25, 0.3) is 10.0 Å². The van der Waals surface area contributed by atoms with Crippen LogP contribution in [0.15, 0.2) is 34.1 Å². The van der Waals surface area contributed by atoms with Crippen LogP contribution in [0.3, 0.4) is 0 Å². The van der Waals surface area contributed by atoms with Crippen LogP contribution in [-0.4, -0.2) is 19.9 Å². The van der Waals surface area contributed by atoms with E-state index in [0.29, 0.717) is 12.2 Å². The first-order valence-electron chi connectivity index (χ1n) is 5.89. The molecule has 1 aromatic heterocycles. The van der Waals surface area contributed by atoms with Gasteiger partial charge in [-0.15, -0.1) is 11.3 Å². The molecular formula is C12H13N3O2S2. The van der Waals surface area contributed by atoms with Crippen molar-refractivity contribution in [2.24, 2.45) is 0 Å². The number of rotatable bonds is 3. The fraction of sp³-hybridized carbons (Fsp3) is 0.250. The van der Waals surface area contributed by atoms with Crippen molar-refractivity contribution in [1.29, 1.82) is 0 Å². The van der Waals surface area contributed by atoms with Crippen molar-refractivity contribution < 1.29 is 8.42 Å². The van der Waals surface area contributed by atoms with E-state index in [0.717, 1.165) is 29.9 Å². The molecule has 3 rings (SSSR count). The number of hydrogen-bond donors (Lipinski definition) is 2. The molecule has 1 aliphatic rings. The second-order valence-electron chi connectivity index (χ2n) is 4.30. The van der Waals surface area contributed by atoms with Crippen molar-refractivity contribution in [3.8, 4) is 0 Å². The number of nitrogens with zero attached hydrogens (tertiary/aromatic N) is 1. The maximum Gasteiger partial charge on any atom is 0.273 e. The molecule has 0 bridgehead atoms. The largest absolute Gasteiger partial charge is 0.312 e. The predicted molar refractivity (Wildman–Crippen MR) is 74.8 cm³/mol. The average molecular weight is 295 g/mol. The standard InChI is InChI=1S/C12H13N3O2S2/c16-19(17,12-7-14-8-18-12)15-11-3-1-2-9-4-5-13-6-10(9)11/h1-3,7-8,13,15H,4-6H2. The molecule has 0 spiro atoms.